The van der Waals surface area contributed by atoms with E-state index in [1.54, 1.807) is 0 Å². The zero-order chi connectivity index (χ0) is 21.9. The van der Waals surface area contributed by atoms with Crippen molar-refractivity contribution in [3.05, 3.63) is 28.9 Å². The molecule has 0 saturated carbocycles. The van der Waals surface area contributed by atoms with Crippen LogP contribution < -0.4 is 5.69 Å². The molecular formula is C14H26N3O10P2+. The van der Waals surface area contributed by atoms with E-state index in [0.29, 0.717) is 11.0 Å². The van der Waals surface area contributed by atoms with Crippen molar-refractivity contribution >= 4 is 15.6 Å². The highest BCUT2D eigenvalue weighted by Gasteiger charge is 2.40. The average molecular weight is 458 g/mol. The van der Waals surface area contributed by atoms with Gasteiger partial charge in [-0.2, -0.15) is 4.31 Å². The van der Waals surface area contributed by atoms with Crippen molar-refractivity contribution in [3.8, 4) is 0 Å². The summed E-state index contributed by atoms with van der Waals surface area (Å²) in [5.74, 6) is 0. The first-order chi connectivity index (χ1) is 13.3. The van der Waals surface area contributed by atoms with E-state index in [0.717, 1.165) is 4.57 Å². The van der Waals surface area contributed by atoms with Gasteiger partial charge in [0.05, 0.1) is 33.9 Å². The molecule has 15 heteroatoms. The van der Waals surface area contributed by atoms with Crippen LogP contribution in [0.15, 0.2) is 23.3 Å². The van der Waals surface area contributed by atoms with Gasteiger partial charge in [-0.25, -0.2) is 18.9 Å². The Labute approximate surface area is 167 Å². The lowest BCUT2D eigenvalue weighted by atomic mass is 10.2. The Kier molecular flexibility index (Phi) is 7.91. The lowest BCUT2D eigenvalue weighted by molar-refractivity contribution is -0.870. The average Bonchev–Trinajstić information content (AvgIpc) is 2.91. The molecule has 1 saturated heterocycles. The maximum atomic E-state index is 12.0. The zero-order valence-corrected chi connectivity index (χ0v) is 18.0. The molecule has 5 atom stereocenters. The summed E-state index contributed by atoms with van der Waals surface area (Å²) in [6, 6.07) is 1.51. The molecule has 3 N–H and O–H groups in total. The molecule has 0 bridgehead atoms. The Morgan fingerprint density at radius 2 is 1.93 bits per heavy atom. The standard InChI is InChI=1S/C14H25N3O10P2/c1-17(2,3)7-8-24-28(20,21)27-29(22,23)25-10-12-11(18)9-13(26-12)16-6-4-5-15-14(16)19/h4-6,11-13,18H,7-10H2,1-3H3,(H-,20,21,22,23)/p+1/t11-,12+,13?/m0/s1. The number of rotatable bonds is 10. The summed E-state index contributed by atoms with van der Waals surface area (Å²) in [4.78, 5) is 34.6. The molecule has 1 aromatic heterocycles. The number of nitrogens with zero attached hydrogens (tertiary/aromatic N) is 3. The van der Waals surface area contributed by atoms with Gasteiger partial charge in [-0.15, -0.1) is 0 Å². The van der Waals surface area contributed by atoms with E-state index in [4.69, 9.17) is 4.74 Å². The number of aliphatic hydroxyl groups excluding tert-OH is 1. The minimum atomic E-state index is -4.99. The van der Waals surface area contributed by atoms with Crippen LogP contribution in [-0.2, 0) is 27.2 Å². The number of likely N-dealkylation sites (N-methyl/N-ethyl adjacent to an activating group) is 1. The van der Waals surface area contributed by atoms with Gasteiger partial charge in [-0.3, -0.25) is 13.6 Å². The van der Waals surface area contributed by atoms with E-state index in [-0.39, 0.29) is 13.0 Å². The van der Waals surface area contributed by atoms with E-state index < -0.39 is 46.4 Å². The van der Waals surface area contributed by atoms with Gasteiger partial charge < -0.3 is 24.1 Å². The highest BCUT2D eigenvalue weighted by atomic mass is 31.3. The fourth-order valence-corrected chi connectivity index (χ4v) is 4.47. The summed E-state index contributed by atoms with van der Waals surface area (Å²) in [6.07, 6.45) is -0.294. The summed E-state index contributed by atoms with van der Waals surface area (Å²) in [5.41, 5.74) is -0.588. The molecule has 1 aliphatic rings. The molecule has 0 radical (unpaired) electrons. The van der Waals surface area contributed by atoms with Crippen molar-refractivity contribution in [2.24, 2.45) is 0 Å². The first kappa shape index (κ1) is 24.3. The van der Waals surface area contributed by atoms with Crippen molar-refractivity contribution in [2.75, 3.05) is 40.9 Å². The molecule has 2 heterocycles. The number of quaternary nitrogens is 1. The molecule has 3 unspecified atom stereocenters. The molecule has 0 aromatic carbocycles. The Morgan fingerprint density at radius 3 is 2.55 bits per heavy atom. The van der Waals surface area contributed by atoms with Crippen molar-refractivity contribution < 1.29 is 46.6 Å². The summed E-state index contributed by atoms with van der Waals surface area (Å²) >= 11 is 0. The third-order valence-corrected chi connectivity index (χ3v) is 6.51. The Morgan fingerprint density at radius 1 is 1.28 bits per heavy atom. The Balaban J connectivity index is 1.88. The molecule has 0 spiro atoms. The monoisotopic (exact) mass is 458 g/mol. The maximum Gasteiger partial charge on any atom is 0.481 e. The lowest BCUT2D eigenvalue weighted by Crippen LogP contribution is -2.37. The number of ether oxygens (including phenoxy) is 1. The molecule has 0 amide bonds. The molecule has 2 rings (SSSR count). The number of phosphoric ester groups is 2. The first-order valence-electron chi connectivity index (χ1n) is 8.61. The van der Waals surface area contributed by atoms with Gasteiger partial charge in [0, 0.05) is 18.8 Å². The van der Waals surface area contributed by atoms with Gasteiger partial charge >= 0.3 is 21.3 Å². The van der Waals surface area contributed by atoms with Gasteiger partial charge in [0.2, 0.25) is 0 Å². The number of aromatic nitrogens is 2. The second kappa shape index (κ2) is 9.44. The Hall–Kier alpha value is -0.980. The van der Waals surface area contributed by atoms with Crippen LogP contribution in [-0.4, -0.2) is 82.0 Å². The fraction of sp³-hybridized carbons (Fsp3) is 0.714. The van der Waals surface area contributed by atoms with Crippen LogP contribution in [0.5, 0.6) is 0 Å². The minimum absolute atomic E-state index is 0.0167. The number of hydrogen-bond donors (Lipinski definition) is 3. The fourth-order valence-electron chi connectivity index (χ4n) is 2.40. The second-order valence-electron chi connectivity index (χ2n) is 7.40. The zero-order valence-electron chi connectivity index (χ0n) is 16.2. The Bertz CT molecular complexity index is 841. The maximum absolute atomic E-state index is 12.0. The molecule has 1 fully saturated rings. The number of hydrogen-bond acceptors (Lipinski definition) is 9. The van der Waals surface area contributed by atoms with E-state index in [9.17, 15) is 28.8 Å². The van der Waals surface area contributed by atoms with Crippen LogP contribution in [0.1, 0.15) is 12.6 Å². The molecule has 13 nitrogen and oxygen atoms in total. The highest BCUT2D eigenvalue weighted by Crippen LogP contribution is 2.60. The minimum Gasteiger partial charge on any atom is -0.390 e. The molecule has 1 aromatic rings. The normalized spacial score (nSPS) is 26.8. The van der Waals surface area contributed by atoms with Crippen molar-refractivity contribution in [2.45, 2.75) is 24.9 Å². The summed E-state index contributed by atoms with van der Waals surface area (Å²) in [5, 5.41) is 10.0. The summed E-state index contributed by atoms with van der Waals surface area (Å²) in [6.45, 7) is -0.468. The largest absolute Gasteiger partial charge is 0.481 e. The predicted molar refractivity (Wildman–Crippen MR) is 98.6 cm³/mol. The smallest absolute Gasteiger partial charge is 0.390 e. The molecule has 166 valence electrons. The number of aliphatic hydroxyl groups is 1. The predicted octanol–water partition coefficient (Wildman–Crippen LogP) is -0.152. The lowest BCUT2D eigenvalue weighted by Gasteiger charge is -2.24. The van der Waals surface area contributed by atoms with Crippen LogP contribution in [0.3, 0.4) is 0 Å². The van der Waals surface area contributed by atoms with Crippen LogP contribution in [0.25, 0.3) is 0 Å². The molecule has 1 aliphatic heterocycles. The SMILES string of the molecule is C[N+](C)(C)CCOP(=O)(O)OP(=O)(O)OC[C@H]1OC(n2cccnc2=O)C[C@@H]1O. The van der Waals surface area contributed by atoms with E-state index >= 15 is 0 Å². The van der Waals surface area contributed by atoms with Crippen LogP contribution in [0.4, 0.5) is 0 Å². The highest BCUT2D eigenvalue weighted by molar-refractivity contribution is 7.61. The third-order valence-electron chi connectivity index (χ3n) is 3.88. The molecular weight excluding hydrogens is 432 g/mol. The van der Waals surface area contributed by atoms with Crippen LogP contribution in [0, 0.1) is 0 Å². The van der Waals surface area contributed by atoms with Gasteiger partial charge in [0.25, 0.3) is 0 Å². The molecule has 29 heavy (non-hydrogen) atoms. The second-order valence-corrected chi connectivity index (χ2v) is 10.4. The van der Waals surface area contributed by atoms with Gasteiger partial charge in [-0.1, -0.05) is 0 Å². The quantitative estimate of drug-likeness (QED) is 0.315. The van der Waals surface area contributed by atoms with E-state index in [1.165, 1.54) is 18.5 Å². The van der Waals surface area contributed by atoms with E-state index in [1.807, 2.05) is 21.1 Å². The van der Waals surface area contributed by atoms with Gasteiger partial charge in [0.15, 0.2) is 0 Å². The van der Waals surface area contributed by atoms with E-state index in [2.05, 4.69) is 18.3 Å². The first-order valence-corrected chi connectivity index (χ1v) is 11.6. The van der Waals surface area contributed by atoms with Crippen LogP contribution >= 0.6 is 15.6 Å². The summed E-state index contributed by atoms with van der Waals surface area (Å²) in [7, 11) is -4.36. The topological polar surface area (TPSA) is 167 Å². The van der Waals surface area contributed by atoms with Crippen molar-refractivity contribution in [1.82, 2.24) is 9.55 Å². The van der Waals surface area contributed by atoms with Crippen LogP contribution in [0.2, 0.25) is 0 Å². The van der Waals surface area contributed by atoms with Gasteiger partial charge in [-0.05, 0) is 6.07 Å². The van der Waals surface area contributed by atoms with Gasteiger partial charge in [0.1, 0.15) is 25.5 Å². The number of phosphoric acid groups is 2. The third kappa shape index (κ3) is 7.99. The summed E-state index contributed by atoms with van der Waals surface area (Å²) < 4.78 is 44.4. The van der Waals surface area contributed by atoms with Crippen molar-refractivity contribution in [1.29, 1.82) is 0 Å². The molecule has 0 aliphatic carbocycles. The van der Waals surface area contributed by atoms with Crippen molar-refractivity contribution in [3.63, 3.8) is 0 Å².